The van der Waals surface area contributed by atoms with Crippen molar-refractivity contribution in [2.75, 3.05) is 0 Å². The van der Waals surface area contributed by atoms with Gasteiger partial charge in [-0.15, -0.1) is 0 Å². The Balaban J connectivity index is 1.54. The first-order chi connectivity index (χ1) is 15.6. The maximum absolute atomic E-state index is 9.88. The summed E-state index contributed by atoms with van der Waals surface area (Å²) in [4.78, 5) is 4.73. The second-order valence-corrected chi connectivity index (χ2v) is 10.2. The lowest BCUT2D eigenvalue weighted by Gasteiger charge is -2.36. The van der Waals surface area contributed by atoms with E-state index in [9.17, 15) is 5.26 Å². The molecule has 172 valence electrons. The summed E-state index contributed by atoms with van der Waals surface area (Å²) in [5, 5.41) is 9.88. The van der Waals surface area contributed by atoms with E-state index in [2.05, 4.69) is 69.4 Å². The van der Waals surface area contributed by atoms with Crippen LogP contribution < -0.4 is 0 Å². The topological polar surface area (TPSA) is 36.7 Å². The average Bonchev–Trinajstić information content (AvgIpc) is 2.86. The molecule has 2 heteroatoms. The lowest BCUT2D eigenvalue weighted by molar-refractivity contribution is 0.213. The van der Waals surface area contributed by atoms with Crippen molar-refractivity contribution in [2.24, 2.45) is 11.3 Å². The van der Waals surface area contributed by atoms with Crippen LogP contribution in [-0.4, -0.2) is 4.98 Å². The summed E-state index contributed by atoms with van der Waals surface area (Å²) in [5.41, 5.74) is 4.95. The second-order valence-electron chi connectivity index (χ2n) is 10.2. The number of aryl methyl sites for hydroxylation is 1. The van der Waals surface area contributed by atoms with Gasteiger partial charge in [0.2, 0.25) is 0 Å². The maximum Gasteiger partial charge on any atom is 0.0702 e. The Labute approximate surface area is 196 Å². The highest BCUT2D eigenvalue weighted by Crippen LogP contribution is 2.46. The molecule has 0 N–H and O–H groups in total. The largest absolute Gasteiger partial charge is 0.256 e. The van der Waals surface area contributed by atoms with Gasteiger partial charge in [-0.25, -0.2) is 0 Å². The van der Waals surface area contributed by atoms with Crippen LogP contribution >= 0.6 is 0 Å². The zero-order valence-electron chi connectivity index (χ0n) is 20.6. The smallest absolute Gasteiger partial charge is 0.0702 e. The summed E-state index contributed by atoms with van der Waals surface area (Å²) < 4.78 is 0. The predicted octanol–water partition coefficient (Wildman–Crippen LogP) is 8.87. The van der Waals surface area contributed by atoms with Gasteiger partial charge in [-0.1, -0.05) is 76.8 Å². The number of aromatic nitrogens is 1. The lowest BCUT2D eigenvalue weighted by atomic mass is 9.67. The number of benzene rings is 1. The highest BCUT2D eigenvalue weighted by atomic mass is 14.7. The fourth-order valence-electron chi connectivity index (χ4n) is 5.07. The Morgan fingerprint density at radius 1 is 1.03 bits per heavy atom. The number of pyridine rings is 1. The monoisotopic (exact) mass is 430 g/mol. The fraction of sp³-hybridized carbons (Fsp3) is 0.600. The van der Waals surface area contributed by atoms with Crippen LogP contribution in [0.1, 0.15) is 108 Å². The summed E-state index contributed by atoms with van der Waals surface area (Å²) in [6.07, 6.45) is 16.2. The fourth-order valence-corrected chi connectivity index (χ4v) is 5.07. The number of hydrogen-bond acceptors (Lipinski definition) is 2. The molecule has 0 spiro atoms. The average molecular weight is 431 g/mol. The molecule has 3 rings (SSSR count). The highest BCUT2D eigenvalue weighted by molar-refractivity contribution is 5.59. The molecule has 32 heavy (non-hydrogen) atoms. The molecular formula is C30H42N2. The molecule has 0 amide bonds. The zero-order valence-corrected chi connectivity index (χ0v) is 20.6. The molecule has 0 bridgehead atoms. The van der Waals surface area contributed by atoms with Gasteiger partial charge in [-0.05, 0) is 80.4 Å². The molecule has 0 aliphatic heterocycles. The third-order valence-corrected chi connectivity index (χ3v) is 7.81. The van der Waals surface area contributed by atoms with Crippen LogP contribution in [0, 0.1) is 22.7 Å². The lowest BCUT2D eigenvalue weighted by Crippen LogP contribution is -2.26. The van der Waals surface area contributed by atoms with Crippen molar-refractivity contribution in [1.29, 1.82) is 5.26 Å². The number of rotatable bonds is 11. The molecule has 1 aliphatic rings. The Morgan fingerprint density at radius 3 is 2.38 bits per heavy atom. The van der Waals surface area contributed by atoms with Crippen LogP contribution in [0.5, 0.6) is 0 Å². The number of nitrogens with zero attached hydrogens (tertiary/aromatic N) is 2. The van der Waals surface area contributed by atoms with Gasteiger partial charge in [0.15, 0.2) is 0 Å². The van der Waals surface area contributed by atoms with Gasteiger partial charge in [0.25, 0.3) is 0 Å². The first-order valence-electron chi connectivity index (χ1n) is 13.1. The van der Waals surface area contributed by atoms with Crippen LogP contribution in [0.15, 0.2) is 42.6 Å². The molecule has 1 heterocycles. The molecular weight excluding hydrogens is 388 g/mol. The summed E-state index contributed by atoms with van der Waals surface area (Å²) in [5.74, 6) is 1.32. The Kier molecular flexibility index (Phi) is 9.34. The number of hydrogen-bond donors (Lipinski definition) is 0. The van der Waals surface area contributed by atoms with E-state index in [-0.39, 0.29) is 5.41 Å². The Morgan fingerprint density at radius 2 is 1.78 bits per heavy atom. The molecule has 1 aromatic carbocycles. The summed E-state index contributed by atoms with van der Waals surface area (Å²) >= 11 is 0. The minimum absolute atomic E-state index is 0.0813. The minimum atomic E-state index is -0.0813. The molecule has 0 radical (unpaired) electrons. The number of unbranched alkanes of at least 4 members (excludes halogenated alkanes) is 3. The van der Waals surface area contributed by atoms with E-state index in [1.54, 1.807) is 0 Å². The predicted molar refractivity (Wildman–Crippen MR) is 135 cm³/mol. The van der Waals surface area contributed by atoms with Gasteiger partial charge in [0, 0.05) is 11.8 Å². The summed E-state index contributed by atoms with van der Waals surface area (Å²) in [6.45, 7) is 6.82. The molecule has 1 fully saturated rings. The molecule has 1 aliphatic carbocycles. The van der Waals surface area contributed by atoms with E-state index in [0.717, 1.165) is 50.1 Å². The van der Waals surface area contributed by atoms with Crippen LogP contribution in [0.3, 0.4) is 0 Å². The van der Waals surface area contributed by atoms with Crippen molar-refractivity contribution in [3.05, 3.63) is 53.7 Å². The minimum Gasteiger partial charge on any atom is -0.256 e. The molecule has 1 saturated carbocycles. The van der Waals surface area contributed by atoms with Crippen molar-refractivity contribution in [3.8, 4) is 17.3 Å². The first-order valence-corrected chi connectivity index (χ1v) is 13.1. The van der Waals surface area contributed by atoms with E-state index in [1.165, 1.54) is 55.2 Å². The highest BCUT2D eigenvalue weighted by Gasteiger charge is 2.35. The Bertz CT molecular complexity index is 836. The quantitative estimate of drug-likeness (QED) is 0.334. The number of nitriles is 1. The third kappa shape index (κ3) is 6.68. The van der Waals surface area contributed by atoms with E-state index < -0.39 is 0 Å². The third-order valence-electron chi connectivity index (χ3n) is 7.81. The molecule has 1 unspecified atom stereocenters. The summed E-state index contributed by atoms with van der Waals surface area (Å²) in [7, 11) is 0. The standard InChI is InChI=1S/C30H42N2/c1-4-6-7-8-9-25-10-15-29(32-22-25)28-13-11-26(12-14-28)27-17-20-30(23-31,21-18-27)19-16-24(3)5-2/h10-15,22,24,27H,4-9,16-21H2,1-3H3/t24?,27-,30+. The van der Waals surface area contributed by atoms with Crippen molar-refractivity contribution >= 4 is 0 Å². The van der Waals surface area contributed by atoms with Crippen molar-refractivity contribution in [2.45, 2.75) is 104 Å². The van der Waals surface area contributed by atoms with Crippen LogP contribution in [-0.2, 0) is 6.42 Å². The van der Waals surface area contributed by atoms with Crippen molar-refractivity contribution in [3.63, 3.8) is 0 Å². The van der Waals surface area contributed by atoms with Crippen LogP contribution in [0.4, 0.5) is 0 Å². The molecule has 1 aromatic heterocycles. The van der Waals surface area contributed by atoms with Crippen molar-refractivity contribution < 1.29 is 0 Å². The van der Waals surface area contributed by atoms with Gasteiger partial charge < -0.3 is 0 Å². The molecule has 0 saturated heterocycles. The normalized spacial score (nSPS) is 21.8. The van der Waals surface area contributed by atoms with Crippen molar-refractivity contribution in [1.82, 2.24) is 4.98 Å². The Hall–Kier alpha value is -2.14. The van der Waals surface area contributed by atoms with Gasteiger partial charge in [-0.2, -0.15) is 5.26 Å². The van der Waals surface area contributed by atoms with Gasteiger partial charge in [-0.3, -0.25) is 4.98 Å². The van der Waals surface area contributed by atoms with E-state index in [0.29, 0.717) is 5.92 Å². The molecule has 2 aromatic rings. The zero-order chi connectivity index (χ0) is 22.8. The van der Waals surface area contributed by atoms with E-state index >= 15 is 0 Å². The van der Waals surface area contributed by atoms with Crippen LogP contribution in [0.2, 0.25) is 0 Å². The SMILES string of the molecule is CCCCCCc1ccc(-c2ccc([C@H]3CC[C@](C#N)(CCC(C)CC)CC3)cc2)nc1. The first kappa shape index (κ1) is 24.5. The summed E-state index contributed by atoms with van der Waals surface area (Å²) in [6, 6.07) is 16.2. The van der Waals surface area contributed by atoms with E-state index in [1.807, 2.05) is 0 Å². The van der Waals surface area contributed by atoms with E-state index in [4.69, 9.17) is 4.98 Å². The maximum atomic E-state index is 9.88. The molecule has 2 nitrogen and oxygen atoms in total. The molecule has 1 atom stereocenters. The van der Waals surface area contributed by atoms with Gasteiger partial charge in [0.1, 0.15) is 0 Å². The van der Waals surface area contributed by atoms with Crippen LogP contribution in [0.25, 0.3) is 11.3 Å². The second kappa shape index (κ2) is 12.2. The van der Waals surface area contributed by atoms with Gasteiger partial charge in [0.05, 0.1) is 17.2 Å². The van der Waals surface area contributed by atoms with Gasteiger partial charge >= 0.3 is 0 Å².